The number of anilines is 1. The number of aryl methyl sites for hydroxylation is 1. The molecule has 4 rings (SSSR count). The second-order valence-electron chi connectivity index (χ2n) is 7.18. The summed E-state index contributed by atoms with van der Waals surface area (Å²) in [5, 5.41) is 7.25. The lowest BCUT2D eigenvalue weighted by molar-refractivity contribution is -0.106. The molecule has 0 aliphatic rings. The van der Waals surface area contributed by atoms with Crippen LogP contribution in [0.2, 0.25) is 0 Å². The minimum absolute atomic E-state index is 0.0742. The number of primary amides is 1. The van der Waals surface area contributed by atoms with Crippen molar-refractivity contribution < 1.29 is 18.8 Å². The number of nitrogens with zero attached hydrogens (tertiary/aromatic N) is 5. The average Bonchev–Trinajstić information content (AvgIpc) is 3.53. The smallest absolute Gasteiger partial charge is 0.277 e. The van der Waals surface area contributed by atoms with Crippen LogP contribution < -0.4 is 11.1 Å². The number of hydrogen-bond donors (Lipinski definition) is 2. The normalized spacial score (nSPS) is 9.69. The molecule has 0 bridgehead atoms. The van der Waals surface area contributed by atoms with Gasteiger partial charge in [0.15, 0.2) is 5.69 Å². The van der Waals surface area contributed by atoms with Gasteiger partial charge in [-0.1, -0.05) is 13.8 Å². The minimum atomic E-state index is -0.404. The molecule has 0 atom stereocenters. The second kappa shape index (κ2) is 13.2. The van der Waals surface area contributed by atoms with E-state index in [4.69, 9.17) is 9.21 Å². The van der Waals surface area contributed by atoms with Gasteiger partial charge in [0.2, 0.25) is 12.3 Å². The van der Waals surface area contributed by atoms with Gasteiger partial charge in [-0.3, -0.25) is 19.4 Å². The Morgan fingerprint density at radius 3 is 2.28 bits per heavy atom. The van der Waals surface area contributed by atoms with Crippen molar-refractivity contribution in [1.82, 2.24) is 24.6 Å². The quantitative estimate of drug-likeness (QED) is 0.407. The van der Waals surface area contributed by atoms with Crippen LogP contribution in [0.1, 0.15) is 40.4 Å². The monoisotopic (exact) mass is 491 g/mol. The summed E-state index contributed by atoms with van der Waals surface area (Å²) >= 11 is 0. The minimum Gasteiger partial charge on any atom is -0.444 e. The number of amides is 3. The number of aromatic nitrogens is 4. The Balaban J connectivity index is 0.000000850. The van der Waals surface area contributed by atoms with E-state index in [1.54, 1.807) is 80.7 Å². The highest BCUT2D eigenvalue weighted by Crippen LogP contribution is 2.20. The van der Waals surface area contributed by atoms with Crippen LogP contribution in [0.15, 0.2) is 65.7 Å². The van der Waals surface area contributed by atoms with E-state index < -0.39 is 5.91 Å². The van der Waals surface area contributed by atoms with Crippen LogP contribution in [-0.2, 0) is 4.79 Å². The summed E-state index contributed by atoms with van der Waals surface area (Å²) in [5.41, 5.74) is 7.59. The first-order valence-corrected chi connectivity index (χ1v) is 11.0. The molecule has 36 heavy (non-hydrogen) atoms. The Kier molecular flexibility index (Phi) is 10.0. The van der Waals surface area contributed by atoms with E-state index in [2.05, 4.69) is 26.1 Å². The molecule has 3 N–H and O–H groups in total. The van der Waals surface area contributed by atoms with Crippen molar-refractivity contribution in [3.05, 3.63) is 78.2 Å². The predicted octanol–water partition coefficient (Wildman–Crippen LogP) is 3.31. The van der Waals surface area contributed by atoms with Gasteiger partial charge in [0.05, 0.1) is 23.3 Å². The van der Waals surface area contributed by atoms with E-state index >= 15 is 0 Å². The van der Waals surface area contributed by atoms with Crippen LogP contribution in [-0.4, -0.2) is 57.0 Å². The molecule has 4 aromatic rings. The molecule has 0 saturated heterocycles. The van der Waals surface area contributed by atoms with Crippen molar-refractivity contribution in [2.45, 2.75) is 20.8 Å². The molecule has 1 aromatic carbocycles. The van der Waals surface area contributed by atoms with E-state index in [9.17, 15) is 9.59 Å². The standard InChI is InChI=1S/C22H20N6O3.C2H6.CH3NO/c1-14-18(12-28(26-14)17-6-4-16(5-7-17)22(30)27(2)3)24-20(29)19-13-31-21(25-19)15-8-10-23-11-9-15;1-2;2-1-3/h4-13H,1-3H3,(H,24,29);1-2H3;1H,(H2,2,3). The molecule has 3 heterocycles. The second-order valence-corrected chi connectivity index (χ2v) is 7.18. The first-order valence-electron chi connectivity index (χ1n) is 11.0. The number of hydrogen-bond acceptors (Lipinski definition) is 7. The molecule has 11 heteroatoms. The highest BCUT2D eigenvalue weighted by Gasteiger charge is 2.16. The van der Waals surface area contributed by atoms with E-state index in [1.807, 2.05) is 13.8 Å². The maximum absolute atomic E-state index is 12.6. The lowest BCUT2D eigenvalue weighted by atomic mass is 10.2. The van der Waals surface area contributed by atoms with Gasteiger partial charge in [-0.15, -0.1) is 0 Å². The zero-order valence-electron chi connectivity index (χ0n) is 20.8. The molecule has 0 aliphatic carbocycles. The molecule has 0 unspecified atom stereocenters. The van der Waals surface area contributed by atoms with Crippen LogP contribution in [0, 0.1) is 6.92 Å². The van der Waals surface area contributed by atoms with Crippen LogP contribution in [0.5, 0.6) is 0 Å². The number of oxazole rings is 1. The number of benzene rings is 1. The van der Waals surface area contributed by atoms with E-state index in [0.29, 0.717) is 22.8 Å². The summed E-state index contributed by atoms with van der Waals surface area (Å²) in [6, 6.07) is 10.6. The average molecular weight is 492 g/mol. The first kappa shape index (κ1) is 27.4. The third-order valence-corrected chi connectivity index (χ3v) is 4.60. The molecule has 0 saturated carbocycles. The van der Waals surface area contributed by atoms with Crippen molar-refractivity contribution in [3.8, 4) is 17.1 Å². The highest BCUT2D eigenvalue weighted by atomic mass is 16.3. The first-order chi connectivity index (χ1) is 17.3. The van der Waals surface area contributed by atoms with Crippen LogP contribution in [0.4, 0.5) is 5.69 Å². The fourth-order valence-electron chi connectivity index (χ4n) is 2.92. The van der Waals surface area contributed by atoms with Gasteiger partial charge in [-0.2, -0.15) is 5.10 Å². The number of pyridine rings is 1. The van der Waals surface area contributed by atoms with E-state index in [0.717, 1.165) is 11.3 Å². The predicted molar refractivity (Wildman–Crippen MR) is 136 cm³/mol. The Labute approximate surface area is 209 Å². The summed E-state index contributed by atoms with van der Waals surface area (Å²) in [4.78, 5) is 42.9. The zero-order valence-corrected chi connectivity index (χ0v) is 20.8. The third kappa shape index (κ3) is 6.86. The Hall–Kier alpha value is -4.80. The fraction of sp³-hybridized carbons (Fsp3) is 0.200. The van der Waals surface area contributed by atoms with Gasteiger partial charge < -0.3 is 20.4 Å². The molecule has 0 spiro atoms. The summed E-state index contributed by atoms with van der Waals surface area (Å²) < 4.78 is 7.05. The molecule has 11 nitrogen and oxygen atoms in total. The van der Waals surface area contributed by atoms with Crippen molar-refractivity contribution in [2.24, 2.45) is 5.73 Å². The molecule has 0 radical (unpaired) electrons. The largest absolute Gasteiger partial charge is 0.444 e. The molecule has 0 fully saturated rings. The molecular weight excluding hydrogens is 462 g/mol. The lowest BCUT2D eigenvalue weighted by Gasteiger charge is -2.10. The lowest BCUT2D eigenvalue weighted by Crippen LogP contribution is -2.21. The topological polar surface area (TPSA) is 149 Å². The maximum atomic E-state index is 12.6. The summed E-state index contributed by atoms with van der Waals surface area (Å²) in [7, 11) is 3.41. The van der Waals surface area contributed by atoms with Crippen molar-refractivity contribution >= 4 is 23.9 Å². The summed E-state index contributed by atoms with van der Waals surface area (Å²) in [6.07, 6.45) is 6.52. The molecular formula is C25H29N7O4. The van der Waals surface area contributed by atoms with Crippen molar-refractivity contribution in [2.75, 3.05) is 19.4 Å². The number of nitrogens with one attached hydrogen (secondary N) is 1. The third-order valence-electron chi connectivity index (χ3n) is 4.60. The van der Waals surface area contributed by atoms with Crippen LogP contribution >= 0.6 is 0 Å². The van der Waals surface area contributed by atoms with Gasteiger partial charge in [0, 0.05) is 37.6 Å². The Bertz CT molecular complexity index is 1280. The van der Waals surface area contributed by atoms with E-state index in [-0.39, 0.29) is 18.0 Å². The SMILES string of the molecule is CC.Cc1nn(-c2ccc(C(=O)N(C)C)cc2)cc1NC(=O)c1coc(-c2ccncc2)n1.NC=O. The van der Waals surface area contributed by atoms with Crippen molar-refractivity contribution in [3.63, 3.8) is 0 Å². The molecule has 3 amide bonds. The fourth-order valence-corrected chi connectivity index (χ4v) is 2.92. The molecule has 188 valence electrons. The Morgan fingerprint density at radius 1 is 1.08 bits per heavy atom. The van der Waals surface area contributed by atoms with Gasteiger partial charge in [-0.05, 0) is 43.3 Å². The number of nitrogens with two attached hydrogens (primary N) is 1. The van der Waals surface area contributed by atoms with Crippen molar-refractivity contribution in [1.29, 1.82) is 0 Å². The molecule has 0 aliphatic heterocycles. The van der Waals surface area contributed by atoms with Gasteiger partial charge >= 0.3 is 0 Å². The number of carbonyl (C=O) groups is 3. The highest BCUT2D eigenvalue weighted by molar-refractivity contribution is 6.03. The number of rotatable bonds is 5. The summed E-state index contributed by atoms with van der Waals surface area (Å²) in [6.45, 7) is 5.79. The molecule has 3 aromatic heterocycles. The van der Waals surface area contributed by atoms with E-state index in [1.165, 1.54) is 11.2 Å². The Morgan fingerprint density at radius 2 is 1.69 bits per heavy atom. The van der Waals surface area contributed by atoms with Crippen LogP contribution in [0.25, 0.3) is 17.1 Å². The van der Waals surface area contributed by atoms with Gasteiger partial charge in [0.1, 0.15) is 6.26 Å². The zero-order chi connectivity index (χ0) is 26.7. The van der Waals surface area contributed by atoms with Gasteiger partial charge in [-0.25, -0.2) is 9.67 Å². The maximum Gasteiger partial charge on any atom is 0.277 e. The van der Waals surface area contributed by atoms with Crippen LogP contribution in [0.3, 0.4) is 0 Å². The number of carbonyl (C=O) groups excluding carboxylic acids is 3. The van der Waals surface area contributed by atoms with Gasteiger partial charge in [0.25, 0.3) is 11.8 Å². The summed E-state index contributed by atoms with van der Waals surface area (Å²) in [5.74, 6) is -0.138.